The van der Waals surface area contributed by atoms with Crippen LogP contribution in [0.25, 0.3) is 0 Å². The molecule has 0 bridgehead atoms. The van der Waals surface area contributed by atoms with Crippen molar-refractivity contribution in [2.75, 3.05) is 18.4 Å². The predicted octanol–water partition coefficient (Wildman–Crippen LogP) is 3.54. The zero-order valence-electron chi connectivity index (χ0n) is 11.8. The van der Waals surface area contributed by atoms with Crippen molar-refractivity contribution < 1.29 is 9.18 Å². The molecule has 1 N–H and O–H groups in total. The highest BCUT2D eigenvalue weighted by Gasteiger charge is 2.25. The number of likely N-dealkylation sites (tertiary alicyclic amines) is 1. The summed E-state index contributed by atoms with van der Waals surface area (Å²) in [4.78, 5) is 14.4. The number of hydrogen-bond donors (Lipinski definition) is 1. The number of hydrogen-bond acceptors (Lipinski definition) is 2. The second kappa shape index (κ2) is 6.55. The van der Waals surface area contributed by atoms with Crippen LogP contribution in [0.3, 0.4) is 0 Å². The Morgan fingerprint density at radius 2 is 2.30 bits per heavy atom. The summed E-state index contributed by atoms with van der Waals surface area (Å²) in [5.74, 6) is 0.104. The summed E-state index contributed by atoms with van der Waals surface area (Å²) in [6.07, 6.45) is 2.34. The molecule has 5 heteroatoms. The van der Waals surface area contributed by atoms with E-state index < -0.39 is 5.82 Å². The van der Waals surface area contributed by atoms with E-state index in [1.165, 1.54) is 24.6 Å². The van der Waals surface area contributed by atoms with Crippen molar-refractivity contribution in [1.29, 1.82) is 0 Å². The number of amides is 1. The summed E-state index contributed by atoms with van der Waals surface area (Å²) in [6, 6.07) is 3.76. The molecule has 110 valence electrons. The number of halogens is 2. The molecule has 0 saturated carbocycles. The molecule has 2 atom stereocenters. The van der Waals surface area contributed by atoms with Gasteiger partial charge in [-0.2, -0.15) is 0 Å². The Bertz CT molecular complexity index is 495. The van der Waals surface area contributed by atoms with Gasteiger partial charge in [0, 0.05) is 6.54 Å². The Labute approximate surface area is 124 Å². The van der Waals surface area contributed by atoms with Crippen molar-refractivity contribution in [3.63, 3.8) is 0 Å². The van der Waals surface area contributed by atoms with Crippen LogP contribution >= 0.6 is 11.6 Å². The predicted molar refractivity (Wildman–Crippen MR) is 79.5 cm³/mol. The van der Waals surface area contributed by atoms with E-state index in [0.717, 1.165) is 19.5 Å². The molecule has 2 rings (SSSR count). The van der Waals surface area contributed by atoms with E-state index in [-0.39, 0.29) is 17.0 Å². The molecular weight excluding hydrogens is 279 g/mol. The first-order valence-corrected chi connectivity index (χ1v) is 7.35. The fraction of sp³-hybridized carbons (Fsp3) is 0.533. The fourth-order valence-corrected chi connectivity index (χ4v) is 2.79. The van der Waals surface area contributed by atoms with Gasteiger partial charge in [0.05, 0.1) is 16.8 Å². The Morgan fingerprint density at radius 1 is 1.55 bits per heavy atom. The number of carbonyl (C=O) groups excluding carboxylic acids is 1. The number of rotatable bonds is 3. The van der Waals surface area contributed by atoms with Crippen molar-refractivity contribution in [2.24, 2.45) is 5.92 Å². The van der Waals surface area contributed by atoms with Gasteiger partial charge in [0.2, 0.25) is 5.91 Å². The van der Waals surface area contributed by atoms with Gasteiger partial charge in [-0.25, -0.2) is 4.39 Å². The maximum absolute atomic E-state index is 13.0. The van der Waals surface area contributed by atoms with Crippen molar-refractivity contribution in [3.05, 3.63) is 29.0 Å². The summed E-state index contributed by atoms with van der Waals surface area (Å²) in [5.41, 5.74) is 0.454. The Kier molecular flexibility index (Phi) is 5.00. The van der Waals surface area contributed by atoms with Gasteiger partial charge < -0.3 is 5.32 Å². The van der Waals surface area contributed by atoms with E-state index >= 15 is 0 Å². The lowest BCUT2D eigenvalue weighted by Crippen LogP contribution is -2.46. The van der Waals surface area contributed by atoms with Gasteiger partial charge in [0.1, 0.15) is 5.82 Å². The Morgan fingerprint density at radius 3 is 2.95 bits per heavy atom. The number of anilines is 1. The molecule has 20 heavy (non-hydrogen) atoms. The highest BCUT2D eigenvalue weighted by Crippen LogP contribution is 2.23. The van der Waals surface area contributed by atoms with E-state index in [2.05, 4.69) is 17.1 Å². The molecule has 1 aliphatic rings. The van der Waals surface area contributed by atoms with E-state index in [9.17, 15) is 9.18 Å². The van der Waals surface area contributed by atoms with Gasteiger partial charge in [-0.3, -0.25) is 9.69 Å². The largest absolute Gasteiger partial charge is 0.323 e. The Balaban J connectivity index is 2.00. The molecule has 1 saturated heterocycles. The second-order valence-electron chi connectivity index (χ2n) is 5.53. The van der Waals surface area contributed by atoms with E-state index in [4.69, 9.17) is 11.6 Å². The molecule has 2 unspecified atom stereocenters. The summed E-state index contributed by atoms with van der Waals surface area (Å²) < 4.78 is 13.0. The summed E-state index contributed by atoms with van der Waals surface area (Å²) in [5, 5.41) is 2.99. The molecule has 1 aliphatic heterocycles. The van der Waals surface area contributed by atoms with Gasteiger partial charge in [0.25, 0.3) is 0 Å². The van der Waals surface area contributed by atoms with Crippen molar-refractivity contribution in [1.82, 2.24) is 4.90 Å². The molecular formula is C15H20ClFN2O. The average molecular weight is 299 g/mol. The minimum atomic E-state index is -0.411. The van der Waals surface area contributed by atoms with Crippen LogP contribution in [0.4, 0.5) is 10.1 Å². The van der Waals surface area contributed by atoms with Crippen molar-refractivity contribution in [3.8, 4) is 0 Å². The Hall–Kier alpha value is -1.13. The average Bonchev–Trinajstić information content (AvgIpc) is 2.41. The summed E-state index contributed by atoms with van der Waals surface area (Å²) in [7, 11) is 0. The monoisotopic (exact) mass is 298 g/mol. The molecule has 0 spiro atoms. The first kappa shape index (κ1) is 15.3. The third-order valence-electron chi connectivity index (χ3n) is 3.80. The molecule has 0 aromatic heterocycles. The highest BCUT2D eigenvalue weighted by molar-refractivity contribution is 6.33. The third-order valence-corrected chi connectivity index (χ3v) is 4.12. The van der Waals surface area contributed by atoms with E-state index in [0.29, 0.717) is 11.6 Å². The van der Waals surface area contributed by atoms with E-state index in [1.54, 1.807) is 0 Å². The number of piperidine rings is 1. The highest BCUT2D eigenvalue weighted by atomic mass is 35.5. The topological polar surface area (TPSA) is 32.3 Å². The van der Waals surface area contributed by atoms with Crippen LogP contribution in [-0.4, -0.2) is 29.9 Å². The van der Waals surface area contributed by atoms with Gasteiger partial charge in [-0.1, -0.05) is 18.5 Å². The second-order valence-corrected chi connectivity index (χ2v) is 5.94. The minimum absolute atomic E-state index is 0.104. The molecule has 0 aliphatic carbocycles. The number of carbonyl (C=O) groups is 1. The van der Waals surface area contributed by atoms with Crippen LogP contribution in [0.2, 0.25) is 5.02 Å². The smallest absolute Gasteiger partial charge is 0.241 e. The maximum Gasteiger partial charge on any atom is 0.241 e. The van der Waals surface area contributed by atoms with Gasteiger partial charge >= 0.3 is 0 Å². The number of nitrogens with zero attached hydrogens (tertiary/aromatic N) is 1. The van der Waals surface area contributed by atoms with E-state index in [1.807, 2.05) is 6.92 Å². The fourth-order valence-electron chi connectivity index (χ4n) is 2.57. The van der Waals surface area contributed by atoms with Gasteiger partial charge in [-0.15, -0.1) is 0 Å². The van der Waals surface area contributed by atoms with Crippen LogP contribution in [0, 0.1) is 11.7 Å². The van der Waals surface area contributed by atoms with Crippen LogP contribution in [-0.2, 0) is 4.79 Å². The quantitative estimate of drug-likeness (QED) is 0.926. The lowest BCUT2D eigenvalue weighted by atomic mass is 9.99. The zero-order valence-corrected chi connectivity index (χ0v) is 12.6. The summed E-state index contributed by atoms with van der Waals surface area (Å²) >= 11 is 5.92. The standard InChI is InChI=1S/C15H20ClFN2O/c1-10-4-3-7-19(9-10)11(2)15(20)18-14-6-5-12(17)8-13(14)16/h5-6,8,10-11H,3-4,7,9H2,1-2H3,(H,18,20). The first-order valence-electron chi connectivity index (χ1n) is 6.97. The molecule has 1 aromatic carbocycles. The van der Waals surface area contributed by atoms with Crippen LogP contribution in [0.5, 0.6) is 0 Å². The normalized spacial score (nSPS) is 21.5. The zero-order chi connectivity index (χ0) is 14.7. The number of nitrogens with one attached hydrogen (secondary N) is 1. The third kappa shape index (κ3) is 3.70. The van der Waals surface area contributed by atoms with Crippen LogP contribution < -0.4 is 5.32 Å². The van der Waals surface area contributed by atoms with Gasteiger partial charge in [0.15, 0.2) is 0 Å². The molecule has 1 aromatic rings. The molecule has 0 radical (unpaired) electrons. The van der Waals surface area contributed by atoms with Gasteiger partial charge in [-0.05, 0) is 50.4 Å². The summed E-state index contributed by atoms with van der Waals surface area (Å²) in [6.45, 7) is 5.97. The first-order chi connectivity index (χ1) is 9.47. The molecule has 1 amide bonds. The molecule has 1 heterocycles. The lowest BCUT2D eigenvalue weighted by molar-refractivity contribution is -0.121. The van der Waals surface area contributed by atoms with Crippen molar-refractivity contribution >= 4 is 23.2 Å². The van der Waals surface area contributed by atoms with Crippen LogP contribution in [0.1, 0.15) is 26.7 Å². The van der Waals surface area contributed by atoms with Crippen molar-refractivity contribution in [2.45, 2.75) is 32.7 Å². The molecule has 3 nitrogen and oxygen atoms in total. The van der Waals surface area contributed by atoms with Crippen LogP contribution in [0.15, 0.2) is 18.2 Å². The molecule has 1 fully saturated rings. The maximum atomic E-state index is 13.0. The SMILES string of the molecule is CC1CCCN(C(C)C(=O)Nc2ccc(F)cc2Cl)C1. The number of benzene rings is 1. The minimum Gasteiger partial charge on any atom is -0.323 e. The lowest BCUT2D eigenvalue weighted by Gasteiger charge is -2.34.